The second-order valence-corrected chi connectivity index (χ2v) is 4.71. The predicted octanol–water partition coefficient (Wildman–Crippen LogP) is 3.25. The summed E-state index contributed by atoms with van der Waals surface area (Å²) in [5.41, 5.74) is 0.857. The van der Waals surface area contributed by atoms with Crippen molar-refractivity contribution in [3.05, 3.63) is 41.8 Å². The summed E-state index contributed by atoms with van der Waals surface area (Å²) >= 11 is 5.90. The van der Waals surface area contributed by atoms with Gasteiger partial charge in [-0.1, -0.05) is 37.6 Å². The van der Waals surface area contributed by atoms with Crippen molar-refractivity contribution in [2.75, 3.05) is 6.61 Å². The third-order valence-corrected chi connectivity index (χ3v) is 2.37. The molecule has 1 radical (unpaired) electrons. The standard InChI is InChI=1S/C13H18ClO2/c1-9(2)8-16-13(10(3)15)11-5-4-6-12(14)7-11/h4-7,9-10,13,15H,3,8H2,1-2H3. The number of ether oxygens (including phenoxy) is 1. The minimum absolute atomic E-state index is 0.416. The van der Waals surface area contributed by atoms with Gasteiger partial charge in [-0.15, -0.1) is 0 Å². The maximum atomic E-state index is 9.59. The van der Waals surface area contributed by atoms with Crippen LogP contribution in [0.1, 0.15) is 25.5 Å². The van der Waals surface area contributed by atoms with Gasteiger partial charge in [-0.25, -0.2) is 0 Å². The predicted molar refractivity (Wildman–Crippen MR) is 66.3 cm³/mol. The van der Waals surface area contributed by atoms with Crippen LogP contribution in [0.2, 0.25) is 5.02 Å². The summed E-state index contributed by atoms with van der Waals surface area (Å²) in [4.78, 5) is 0. The first kappa shape index (κ1) is 13.5. The summed E-state index contributed by atoms with van der Waals surface area (Å²) in [6, 6.07) is 7.30. The first-order valence-electron chi connectivity index (χ1n) is 5.39. The maximum absolute atomic E-state index is 9.59. The van der Waals surface area contributed by atoms with Crippen molar-refractivity contribution in [2.24, 2.45) is 5.92 Å². The normalized spacial score (nSPS) is 15.1. The molecule has 0 saturated carbocycles. The van der Waals surface area contributed by atoms with E-state index < -0.39 is 12.2 Å². The quantitative estimate of drug-likeness (QED) is 0.858. The van der Waals surface area contributed by atoms with Crippen LogP contribution in [0.5, 0.6) is 0 Å². The average Bonchev–Trinajstić information content (AvgIpc) is 2.17. The number of halogens is 1. The molecule has 16 heavy (non-hydrogen) atoms. The molecule has 0 heterocycles. The van der Waals surface area contributed by atoms with Gasteiger partial charge in [-0.05, 0) is 30.5 Å². The van der Waals surface area contributed by atoms with Gasteiger partial charge in [0, 0.05) is 11.6 Å². The van der Waals surface area contributed by atoms with Crippen LogP contribution < -0.4 is 0 Å². The average molecular weight is 242 g/mol. The van der Waals surface area contributed by atoms with Gasteiger partial charge in [0.15, 0.2) is 0 Å². The zero-order chi connectivity index (χ0) is 12.1. The lowest BCUT2D eigenvalue weighted by Gasteiger charge is -2.22. The molecule has 0 aromatic heterocycles. The van der Waals surface area contributed by atoms with Gasteiger partial charge in [0.1, 0.15) is 6.10 Å². The van der Waals surface area contributed by atoms with Gasteiger partial charge in [0.25, 0.3) is 0 Å². The lowest BCUT2D eigenvalue weighted by molar-refractivity contribution is -0.0307. The highest BCUT2D eigenvalue weighted by atomic mass is 35.5. The molecule has 3 heteroatoms. The Kier molecular flexibility index (Phi) is 5.26. The van der Waals surface area contributed by atoms with E-state index >= 15 is 0 Å². The summed E-state index contributed by atoms with van der Waals surface area (Å²) in [6.07, 6.45) is -1.21. The number of hydrogen-bond acceptors (Lipinski definition) is 2. The van der Waals surface area contributed by atoms with Crippen LogP contribution in [-0.4, -0.2) is 17.8 Å². The van der Waals surface area contributed by atoms with E-state index in [0.29, 0.717) is 17.5 Å². The summed E-state index contributed by atoms with van der Waals surface area (Å²) < 4.78 is 5.63. The molecule has 0 aliphatic heterocycles. The highest BCUT2D eigenvalue weighted by Crippen LogP contribution is 2.24. The highest BCUT2D eigenvalue weighted by molar-refractivity contribution is 6.30. The van der Waals surface area contributed by atoms with Crippen molar-refractivity contribution in [3.63, 3.8) is 0 Å². The Morgan fingerprint density at radius 3 is 2.62 bits per heavy atom. The van der Waals surface area contributed by atoms with Gasteiger partial charge >= 0.3 is 0 Å². The fourth-order valence-electron chi connectivity index (χ4n) is 1.41. The van der Waals surface area contributed by atoms with E-state index in [4.69, 9.17) is 16.3 Å². The van der Waals surface area contributed by atoms with Crippen LogP contribution in [0.15, 0.2) is 24.3 Å². The fourth-order valence-corrected chi connectivity index (χ4v) is 1.61. The van der Waals surface area contributed by atoms with Crippen LogP contribution >= 0.6 is 11.6 Å². The van der Waals surface area contributed by atoms with E-state index in [9.17, 15) is 5.11 Å². The molecule has 0 saturated heterocycles. The molecule has 1 N–H and O–H groups in total. The number of benzene rings is 1. The smallest absolute Gasteiger partial charge is 0.108 e. The Hall–Kier alpha value is -0.570. The summed E-state index contributed by atoms with van der Waals surface area (Å²) in [5.74, 6) is 0.417. The van der Waals surface area contributed by atoms with E-state index in [0.717, 1.165) is 5.56 Å². The molecule has 0 amide bonds. The molecule has 2 unspecified atom stereocenters. The van der Waals surface area contributed by atoms with Gasteiger partial charge in [-0.2, -0.15) is 0 Å². The summed E-state index contributed by atoms with van der Waals surface area (Å²) in [7, 11) is 0. The number of aliphatic hydroxyl groups is 1. The van der Waals surface area contributed by atoms with E-state index in [1.807, 2.05) is 12.1 Å². The molecular formula is C13H18ClO2. The van der Waals surface area contributed by atoms with Gasteiger partial charge < -0.3 is 9.84 Å². The Labute approximate surface area is 102 Å². The molecule has 1 aromatic carbocycles. The van der Waals surface area contributed by atoms with E-state index in [1.165, 1.54) is 0 Å². The molecule has 1 rings (SSSR count). The summed E-state index contributed by atoms with van der Waals surface area (Å²) in [5, 5.41) is 10.2. The van der Waals surface area contributed by atoms with E-state index in [1.54, 1.807) is 12.1 Å². The van der Waals surface area contributed by atoms with Crippen molar-refractivity contribution < 1.29 is 9.84 Å². The second-order valence-electron chi connectivity index (χ2n) is 4.27. The zero-order valence-electron chi connectivity index (χ0n) is 9.69. The van der Waals surface area contributed by atoms with E-state index in [2.05, 4.69) is 20.8 Å². The van der Waals surface area contributed by atoms with Crippen LogP contribution in [0.25, 0.3) is 0 Å². The van der Waals surface area contributed by atoms with Crippen LogP contribution in [0, 0.1) is 12.8 Å². The molecule has 2 nitrogen and oxygen atoms in total. The van der Waals surface area contributed by atoms with Crippen molar-refractivity contribution in [1.82, 2.24) is 0 Å². The highest BCUT2D eigenvalue weighted by Gasteiger charge is 2.18. The Bertz CT molecular complexity index is 323. The van der Waals surface area contributed by atoms with Gasteiger partial charge in [-0.3, -0.25) is 0 Å². The minimum Gasteiger partial charge on any atom is -0.390 e. The molecule has 0 spiro atoms. The first-order valence-corrected chi connectivity index (χ1v) is 5.76. The van der Waals surface area contributed by atoms with Crippen molar-refractivity contribution in [3.8, 4) is 0 Å². The molecule has 2 atom stereocenters. The molecule has 0 fully saturated rings. The molecule has 1 aromatic rings. The number of hydrogen-bond donors (Lipinski definition) is 1. The Morgan fingerprint density at radius 1 is 1.44 bits per heavy atom. The van der Waals surface area contributed by atoms with Gasteiger partial charge in [0.05, 0.1) is 6.10 Å². The monoisotopic (exact) mass is 241 g/mol. The van der Waals surface area contributed by atoms with E-state index in [-0.39, 0.29) is 0 Å². The van der Waals surface area contributed by atoms with Crippen molar-refractivity contribution in [1.29, 1.82) is 0 Å². The Morgan fingerprint density at radius 2 is 2.12 bits per heavy atom. The largest absolute Gasteiger partial charge is 0.390 e. The zero-order valence-corrected chi connectivity index (χ0v) is 10.4. The first-order chi connectivity index (χ1) is 7.50. The fraction of sp³-hybridized carbons (Fsp3) is 0.462. The molecule has 0 bridgehead atoms. The third kappa shape index (κ3) is 4.12. The van der Waals surface area contributed by atoms with Crippen LogP contribution in [-0.2, 0) is 4.74 Å². The molecule has 0 aliphatic carbocycles. The van der Waals surface area contributed by atoms with Gasteiger partial charge in [0.2, 0.25) is 0 Å². The SMILES string of the molecule is [CH2]C(O)C(OCC(C)C)c1cccc(Cl)c1. The van der Waals surface area contributed by atoms with Crippen molar-refractivity contribution >= 4 is 11.6 Å². The molecule has 89 valence electrons. The maximum Gasteiger partial charge on any atom is 0.108 e. The molecule has 0 aliphatic rings. The minimum atomic E-state index is -0.794. The van der Waals surface area contributed by atoms with Crippen molar-refractivity contribution in [2.45, 2.75) is 26.1 Å². The number of aliphatic hydroxyl groups excluding tert-OH is 1. The second kappa shape index (κ2) is 6.24. The Balaban J connectivity index is 2.77. The molecular weight excluding hydrogens is 224 g/mol. The lowest BCUT2D eigenvalue weighted by Crippen LogP contribution is -2.20. The lowest BCUT2D eigenvalue weighted by atomic mass is 10.1. The topological polar surface area (TPSA) is 29.5 Å². The third-order valence-electron chi connectivity index (χ3n) is 2.14. The van der Waals surface area contributed by atoms with Crippen LogP contribution in [0.3, 0.4) is 0 Å². The van der Waals surface area contributed by atoms with Crippen LogP contribution in [0.4, 0.5) is 0 Å². The number of rotatable bonds is 5. The summed E-state index contributed by atoms with van der Waals surface area (Å²) in [6.45, 7) is 8.32.